The highest BCUT2D eigenvalue weighted by atomic mass is 16.3. The van der Waals surface area contributed by atoms with Crippen LogP contribution in [-0.4, -0.2) is 26.2 Å². The third kappa shape index (κ3) is 1.95. The molecule has 14 heavy (non-hydrogen) atoms. The van der Waals surface area contributed by atoms with Crippen molar-refractivity contribution in [3.05, 3.63) is 11.9 Å². The maximum Gasteiger partial charge on any atom is 0.0832 e. The van der Waals surface area contributed by atoms with Gasteiger partial charge in [0.15, 0.2) is 0 Å². The van der Waals surface area contributed by atoms with Gasteiger partial charge in [-0.25, -0.2) is 0 Å². The van der Waals surface area contributed by atoms with Gasteiger partial charge < -0.3 is 5.11 Å². The van der Waals surface area contributed by atoms with E-state index in [1.807, 2.05) is 13.2 Å². The highest BCUT2D eigenvalue weighted by molar-refractivity contribution is 5.00. The molecule has 0 aromatic carbocycles. The van der Waals surface area contributed by atoms with Crippen molar-refractivity contribution in [3.8, 4) is 0 Å². The topological polar surface area (TPSA) is 50.9 Å². The van der Waals surface area contributed by atoms with Crippen molar-refractivity contribution in [2.24, 2.45) is 12.5 Å². The van der Waals surface area contributed by atoms with E-state index in [0.717, 1.165) is 31.4 Å². The minimum absolute atomic E-state index is 0.114. The highest BCUT2D eigenvalue weighted by Crippen LogP contribution is 2.40. The number of nitrogens with zero attached hydrogens (tertiary/aromatic N) is 3. The number of hydrogen-bond donors (Lipinski definition) is 1. The number of aryl methyl sites for hydroxylation is 1. The fourth-order valence-corrected chi connectivity index (χ4v) is 2.35. The standard InChI is InChI=1S/C10H17N3O/c1-10(4-3-9(14)6-10)5-8-7-11-13(2)12-8/h7,9,14H,3-6H2,1-2H3. The van der Waals surface area contributed by atoms with Crippen molar-refractivity contribution in [2.75, 3.05) is 0 Å². The summed E-state index contributed by atoms with van der Waals surface area (Å²) in [4.78, 5) is 1.59. The summed E-state index contributed by atoms with van der Waals surface area (Å²) < 4.78 is 0. The second-order valence-corrected chi connectivity index (χ2v) is 4.71. The van der Waals surface area contributed by atoms with E-state index in [1.54, 1.807) is 4.80 Å². The molecule has 2 unspecified atom stereocenters. The molecule has 4 nitrogen and oxygen atoms in total. The summed E-state index contributed by atoms with van der Waals surface area (Å²) in [5.74, 6) is 0. The average molecular weight is 195 g/mol. The molecule has 4 heteroatoms. The van der Waals surface area contributed by atoms with Crippen molar-refractivity contribution in [2.45, 2.75) is 38.7 Å². The summed E-state index contributed by atoms with van der Waals surface area (Å²) in [5.41, 5.74) is 1.25. The van der Waals surface area contributed by atoms with E-state index in [-0.39, 0.29) is 11.5 Å². The maximum absolute atomic E-state index is 9.51. The molecular formula is C10H17N3O. The van der Waals surface area contributed by atoms with Crippen molar-refractivity contribution < 1.29 is 5.11 Å². The van der Waals surface area contributed by atoms with Crippen LogP contribution in [0, 0.1) is 5.41 Å². The number of aliphatic hydroxyl groups is 1. The molecule has 78 valence electrons. The molecule has 0 saturated heterocycles. The molecule has 1 N–H and O–H groups in total. The Labute approximate surface area is 83.9 Å². The Bertz CT molecular complexity index is 323. The first-order valence-electron chi connectivity index (χ1n) is 5.11. The number of rotatable bonds is 2. The maximum atomic E-state index is 9.51. The lowest BCUT2D eigenvalue weighted by Crippen LogP contribution is -2.17. The molecular weight excluding hydrogens is 178 g/mol. The van der Waals surface area contributed by atoms with Gasteiger partial charge in [-0.3, -0.25) is 0 Å². The highest BCUT2D eigenvalue weighted by Gasteiger charge is 2.34. The van der Waals surface area contributed by atoms with E-state index in [9.17, 15) is 5.11 Å². The number of aromatic nitrogens is 3. The molecule has 1 aromatic heterocycles. The Kier molecular flexibility index (Phi) is 2.31. The molecule has 1 aliphatic rings. The minimum atomic E-state index is -0.114. The van der Waals surface area contributed by atoms with Crippen molar-refractivity contribution >= 4 is 0 Å². The monoisotopic (exact) mass is 195 g/mol. The molecule has 0 aliphatic heterocycles. The first-order valence-corrected chi connectivity index (χ1v) is 5.11. The van der Waals surface area contributed by atoms with E-state index >= 15 is 0 Å². The van der Waals surface area contributed by atoms with Crippen LogP contribution in [0.25, 0.3) is 0 Å². The lowest BCUT2D eigenvalue weighted by molar-refractivity contribution is 0.163. The normalized spacial score (nSPS) is 32.4. The Morgan fingerprint density at radius 3 is 3.00 bits per heavy atom. The third-order valence-corrected chi connectivity index (χ3v) is 3.06. The van der Waals surface area contributed by atoms with Gasteiger partial charge in [-0.05, 0) is 31.1 Å². The van der Waals surface area contributed by atoms with Gasteiger partial charge in [0.1, 0.15) is 0 Å². The van der Waals surface area contributed by atoms with E-state index in [0.29, 0.717) is 0 Å². The zero-order valence-electron chi connectivity index (χ0n) is 8.77. The summed E-state index contributed by atoms with van der Waals surface area (Å²) in [6.07, 6.45) is 5.54. The van der Waals surface area contributed by atoms with E-state index < -0.39 is 0 Å². The average Bonchev–Trinajstić information content (AvgIpc) is 2.60. The summed E-state index contributed by atoms with van der Waals surface area (Å²) in [6, 6.07) is 0. The molecule has 1 aliphatic carbocycles. The number of hydrogen-bond acceptors (Lipinski definition) is 3. The molecule has 0 radical (unpaired) electrons. The van der Waals surface area contributed by atoms with Gasteiger partial charge in [0.05, 0.1) is 18.0 Å². The largest absolute Gasteiger partial charge is 0.393 e. The lowest BCUT2D eigenvalue weighted by Gasteiger charge is -2.21. The molecule has 2 rings (SSSR count). The Morgan fingerprint density at radius 1 is 1.71 bits per heavy atom. The Hall–Kier alpha value is -0.900. The van der Waals surface area contributed by atoms with Gasteiger partial charge in [-0.15, -0.1) is 0 Å². The second kappa shape index (κ2) is 3.35. The summed E-state index contributed by atoms with van der Waals surface area (Å²) >= 11 is 0. The van der Waals surface area contributed by atoms with Crippen LogP contribution < -0.4 is 0 Å². The zero-order chi connectivity index (χ0) is 10.2. The van der Waals surface area contributed by atoms with Gasteiger partial charge in [-0.2, -0.15) is 15.0 Å². The molecule has 1 aromatic rings. The van der Waals surface area contributed by atoms with Gasteiger partial charge in [0.25, 0.3) is 0 Å². The predicted molar refractivity (Wildman–Crippen MR) is 52.7 cm³/mol. The van der Waals surface area contributed by atoms with E-state index in [2.05, 4.69) is 17.1 Å². The van der Waals surface area contributed by atoms with Crippen LogP contribution in [0.5, 0.6) is 0 Å². The van der Waals surface area contributed by atoms with Crippen LogP contribution in [0.3, 0.4) is 0 Å². The summed E-state index contributed by atoms with van der Waals surface area (Å²) in [5, 5.41) is 17.8. The molecule has 2 atom stereocenters. The van der Waals surface area contributed by atoms with Crippen LogP contribution in [0.15, 0.2) is 6.20 Å². The smallest absolute Gasteiger partial charge is 0.0832 e. The Morgan fingerprint density at radius 2 is 2.50 bits per heavy atom. The van der Waals surface area contributed by atoms with E-state index in [4.69, 9.17) is 0 Å². The predicted octanol–water partition coefficient (Wildman–Crippen LogP) is 0.909. The molecule has 1 saturated carbocycles. The number of aliphatic hydroxyl groups excluding tert-OH is 1. The van der Waals surface area contributed by atoms with Gasteiger partial charge in [0.2, 0.25) is 0 Å². The second-order valence-electron chi connectivity index (χ2n) is 4.71. The Balaban J connectivity index is 2.03. The van der Waals surface area contributed by atoms with Crippen LogP contribution in [-0.2, 0) is 13.5 Å². The lowest BCUT2D eigenvalue weighted by atomic mass is 9.84. The fraction of sp³-hybridized carbons (Fsp3) is 0.800. The summed E-state index contributed by atoms with van der Waals surface area (Å²) in [6.45, 7) is 2.22. The molecule has 0 amide bonds. The third-order valence-electron chi connectivity index (χ3n) is 3.06. The van der Waals surface area contributed by atoms with Crippen LogP contribution in [0.4, 0.5) is 0 Å². The SMILES string of the molecule is Cn1ncc(CC2(C)CCC(O)C2)n1. The molecule has 0 spiro atoms. The first-order chi connectivity index (χ1) is 6.57. The quantitative estimate of drug-likeness (QED) is 0.763. The molecule has 1 heterocycles. The fourth-order valence-electron chi connectivity index (χ4n) is 2.35. The van der Waals surface area contributed by atoms with Gasteiger partial charge in [-0.1, -0.05) is 6.92 Å². The zero-order valence-corrected chi connectivity index (χ0v) is 8.77. The van der Waals surface area contributed by atoms with Crippen LogP contribution >= 0.6 is 0 Å². The van der Waals surface area contributed by atoms with E-state index in [1.165, 1.54) is 0 Å². The van der Waals surface area contributed by atoms with Gasteiger partial charge in [0, 0.05) is 7.05 Å². The molecule has 1 fully saturated rings. The molecule has 0 bridgehead atoms. The first kappa shape index (κ1) is 9.65. The van der Waals surface area contributed by atoms with Crippen LogP contribution in [0.2, 0.25) is 0 Å². The van der Waals surface area contributed by atoms with Crippen molar-refractivity contribution in [1.82, 2.24) is 15.0 Å². The van der Waals surface area contributed by atoms with Crippen molar-refractivity contribution in [1.29, 1.82) is 0 Å². The van der Waals surface area contributed by atoms with Crippen LogP contribution in [0.1, 0.15) is 31.9 Å². The summed E-state index contributed by atoms with van der Waals surface area (Å²) in [7, 11) is 1.83. The van der Waals surface area contributed by atoms with Crippen molar-refractivity contribution in [3.63, 3.8) is 0 Å². The minimum Gasteiger partial charge on any atom is -0.393 e. The van der Waals surface area contributed by atoms with Gasteiger partial charge >= 0.3 is 0 Å².